The van der Waals surface area contributed by atoms with Gasteiger partial charge in [-0.3, -0.25) is 9.59 Å². The summed E-state index contributed by atoms with van der Waals surface area (Å²) in [6, 6.07) is 7.92. The first-order chi connectivity index (χ1) is 15.2. The number of nitrogens with one attached hydrogen (secondary N) is 2. The maximum atomic E-state index is 14.3. The predicted octanol–water partition coefficient (Wildman–Crippen LogP) is 4.52. The fourth-order valence-corrected chi connectivity index (χ4v) is 4.51. The molecule has 4 N–H and O–H groups in total. The first-order valence-corrected chi connectivity index (χ1v) is 10.5. The van der Waals surface area contributed by atoms with Crippen LogP contribution in [-0.4, -0.2) is 23.3 Å². The minimum Gasteiger partial charge on any atom is -0.369 e. The summed E-state index contributed by atoms with van der Waals surface area (Å²) >= 11 is 0. The Bertz CT molecular complexity index is 1170. The number of aromatic amines is 1. The molecular formula is C24H24F3N3O2. The second kappa shape index (κ2) is 8.33. The van der Waals surface area contributed by atoms with Gasteiger partial charge in [-0.25, -0.2) is 13.2 Å². The van der Waals surface area contributed by atoms with Gasteiger partial charge in [0.1, 0.15) is 17.5 Å². The fourth-order valence-electron chi connectivity index (χ4n) is 4.51. The summed E-state index contributed by atoms with van der Waals surface area (Å²) in [5.74, 6) is -1.98. The lowest BCUT2D eigenvalue weighted by molar-refractivity contribution is -0.132. The number of hydrogen-bond acceptors (Lipinski definition) is 2. The molecule has 32 heavy (non-hydrogen) atoms. The lowest BCUT2D eigenvalue weighted by Gasteiger charge is -2.43. The van der Waals surface area contributed by atoms with Gasteiger partial charge in [0.05, 0.1) is 11.2 Å². The normalized spacial score (nSPS) is 22.1. The van der Waals surface area contributed by atoms with Gasteiger partial charge < -0.3 is 16.0 Å². The quantitative estimate of drug-likeness (QED) is 0.556. The second-order valence-corrected chi connectivity index (χ2v) is 8.71. The van der Waals surface area contributed by atoms with Crippen molar-refractivity contribution in [2.75, 3.05) is 6.54 Å². The molecule has 2 fully saturated rings. The molecule has 0 atom stereocenters. The molecule has 1 saturated carbocycles. The number of carbonyl (C=O) groups excluding carboxylic acids is 2. The van der Waals surface area contributed by atoms with Crippen molar-refractivity contribution in [3.63, 3.8) is 0 Å². The minimum atomic E-state index is -0.688. The first-order valence-electron chi connectivity index (χ1n) is 10.5. The highest BCUT2D eigenvalue weighted by atomic mass is 19.1. The van der Waals surface area contributed by atoms with Crippen LogP contribution in [0, 0.1) is 22.9 Å². The van der Waals surface area contributed by atoms with Gasteiger partial charge >= 0.3 is 0 Å². The summed E-state index contributed by atoms with van der Waals surface area (Å²) in [6.07, 6.45) is 2.77. The molecular weight excluding hydrogens is 419 g/mol. The van der Waals surface area contributed by atoms with Gasteiger partial charge in [-0.15, -0.1) is 0 Å². The fraction of sp³-hybridized carbons (Fsp3) is 0.333. The molecule has 1 aliphatic heterocycles. The zero-order chi connectivity index (χ0) is 23.0. The van der Waals surface area contributed by atoms with E-state index in [0.717, 1.165) is 31.0 Å². The van der Waals surface area contributed by atoms with Gasteiger partial charge in [0.15, 0.2) is 0 Å². The Morgan fingerprint density at radius 2 is 1.78 bits per heavy atom. The Balaban J connectivity index is 0.000000354. The number of rotatable bonds is 3. The Morgan fingerprint density at radius 3 is 2.31 bits per heavy atom. The van der Waals surface area contributed by atoms with Gasteiger partial charge in [0.2, 0.25) is 11.8 Å². The Kier molecular flexibility index (Phi) is 5.71. The highest BCUT2D eigenvalue weighted by molar-refractivity contribution is 5.93. The number of fused-ring (bicyclic) bond motifs is 1. The van der Waals surface area contributed by atoms with E-state index in [9.17, 15) is 22.8 Å². The van der Waals surface area contributed by atoms with Gasteiger partial charge in [-0.05, 0) is 66.6 Å². The van der Waals surface area contributed by atoms with E-state index in [-0.39, 0.29) is 29.1 Å². The van der Waals surface area contributed by atoms with Crippen molar-refractivity contribution >= 4 is 22.7 Å². The molecule has 1 aliphatic carbocycles. The average molecular weight is 443 g/mol. The van der Waals surface area contributed by atoms with Crippen LogP contribution in [-0.2, 0) is 9.59 Å². The van der Waals surface area contributed by atoms with E-state index in [1.807, 2.05) is 0 Å². The third-order valence-corrected chi connectivity index (χ3v) is 6.30. The van der Waals surface area contributed by atoms with E-state index in [0.29, 0.717) is 29.5 Å². The van der Waals surface area contributed by atoms with Crippen LogP contribution >= 0.6 is 0 Å². The molecule has 5 rings (SSSR count). The number of aromatic nitrogens is 1. The number of amides is 2. The number of primary amides is 1. The largest absolute Gasteiger partial charge is 0.369 e. The van der Waals surface area contributed by atoms with Crippen LogP contribution in [0.25, 0.3) is 22.2 Å². The highest BCUT2D eigenvalue weighted by Gasteiger charge is 2.47. The zero-order valence-corrected chi connectivity index (χ0v) is 17.6. The predicted molar refractivity (Wildman–Crippen MR) is 115 cm³/mol. The van der Waals surface area contributed by atoms with Crippen LogP contribution in [0.1, 0.15) is 44.1 Å². The van der Waals surface area contributed by atoms with E-state index >= 15 is 0 Å². The van der Waals surface area contributed by atoms with Crippen LogP contribution in [0.4, 0.5) is 13.2 Å². The molecule has 3 aromatic rings. The van der Waals surface area contributed by atoms with Crippen molar-refractivity contribution in [1.82, 2.24) is 10.3 Å². The third kappa shape index (κ3) is 4.09. The monoisotopic (exact) mass is 443 g/mol. The number of carbonyl (C=O) groups is 2. The molecule has 168 valence electrons. The topological polar surface area (TPSA) is 88.0 Å². The number of H-pyrrole nitrogens is 1. The molecule has 8 heteroatoms. The van der Waals surface area contributed by atoms with Crippen molar-refractivity contribution in [2.24, 2.45) is 11.1 Å². The van der Waals surface area contributed by atoms with Crippen molar-refractivity contribution in [2.45, 2.75) is 38.5 Å². The van der Waals surface area contributed by atoms with Gasteiger partial charge in [-0.2, -0.15) is 0 Å². The molecule has 5 nitrogen and oxygen atoms in total. The number of halogens is 3. The van der Waals surface area contributed by atoms with Crippen LogP contribution in [0.15, 0.2) is 36.4 Å². The Labute approximate surface area is 183 Å². The third-order valence-electron chi connectivity index (χ3n) is 6.30. The maximum absolute atomic E-state index is 14.3. The van der Waals surface area contributed by atoms with Gasteiger partial charge in [0, 0.05) is 29.8 Å². The summed E-state index contributed by atoms with van der Waals surface area (Å²) in [5, 5.41) is 3.12. The lowest BCUT2D eigenvalue weighted by Crippen LogP contribution is -2.44. The molecule has 2 aromatic carbocycles. The van der Waals surface area contributed by atoms with Crippen LogP contribution in [0.2, 0.25) is 0 Å². The van der Waals surface area contributed by atoms with E-state index in [1.54, 1.807) is 19.1 Å². The second-order valence-electron chi connectivity index (χ2n) is 8.71. The standard InChI is InChI=1S/C20H17F3N2O.C4H7NO/c1-20(19(24)26)8-11(9-20)16-14-6-13(22)7-15(23)18(14)25-17(16)10-2-4-12(21)5-3-10;6-4-2-1-3-5-4/h2-7,11,25H,8-9H2,1H3,(H2,24,26);1-3H2,(H,5,6). The van der Waals surface area contributed by atoms with Crippen molar-refractivity contribution in [3.05, 3.63) is 59.4 Å². The molecule has 2 heterocycles. The number of hydrogen-bond donors (Lipinski definition) is 3. The van der Waals surface area contributed by atoms with Crippen molar-refractivity contribution < 1.29 is 22.8 Å². The van der Waals surface area contributed by atoms with Gasteiger partial charge in [0.25, 0.3) is 0 Å². The molecule has 0 spiro atoms. The van der Waals surface area contributed by atoms with E-state index < -0.39 is 17.0 Å². The van der Waals surface area contributed by atoms with Gasteiger partial charge in [-0.1, -0.05) is 6.92 Å². The van der Waals surface area contributed by atoms with Crippen molar-refractivity contribution in [3.8, 4) is 11.3 Å². The minimum absolute atomic E-state index is 0.0671. The van der Waals surface area contributed by atoms with Crippen LogP contribution in [0.5, 0.6) is 0 Å². The summed E-state index contributed by atoms with van der Waals surface area (Å²) < 4.78 is 41.4. The Morgan fingerprint density at radius 1 is 1.09 bits per heavy atom. The lowest BCUT2D eigenvalue weighted by atomic mass is 9.60. The van der Waals surface area contributed by atoms with Crippen LogP contribution in [0.3, 0.4) is 0 Å². The molecule has 0 unspecified atom stereocenters. The van der Waals surface area contributed by atoms with E-state index in [1.165, 1.54) is 18.2 Å². The smallest absolute Gasteiger partial charge is 0.223 e. The number of nitrogens with two attached hydrogens (primary N) is 1. The summed E-state index contributed by atoms with van der Waals surface area (Å²) in [5.41, 5.74) is 7.07. The zero-order valence-electron chi connectivity index (χ0n) is 17.6. The molecule has 1 saturated heterocycles. The summed E-state index contributed by atoms with van der Waals surface area (Å²) in [6.45, 7) is 2.68. The highest BCUT2D eigenvalue weighted by Crippen LogP contribution is 2.54. The first kappa shape index (κ1) is 21.9. The molecule has 1 aromatic heterocycles. The number of benzene rings is 2. The molecule has 0 radical (unpaired) electrons. The summed E-state index contributed by atoms with van der Waals surface area (Å²) in [4.78, 5) is 24.8. The average Bonchev–Trinajstić information content (AvgIpc) is 3.33. The van der Waals surface area contributed by atoms with Crippen molar-refractivity contribution in [1.29, 1.82) is 0 Å². The maximum Gasteiger partial charge on any atom is 0.223 e. The Hall–Kier alpha value is -3.29. The molecule has 2 aliphatic rings. The molecule has 0 bridgehead atoms. The van der Waals surface area contributed by atoms with E-state index in [2.05, 4.69) is 10.3 Å². The summed E-state index contributed by atoms with van der Waals surface area (Å²) in [7, 11) is 0. The SMILES string of the molecule is CC1(C(N)=O)CC(c2c(-c3ccc(F)cc3)[nH]c3c(F)cc(F)cc23)C1.O=C1CCCN1. The molecule has 2 amide bonds. The van der Waals surface area contributed by atoms with Crippen LogP contribution < -0.4 is 11.1 Å². The van der Waals surface area contributed by atoms with E-state index in [4.69, 9.17) is 5.73 Å².